The van der Waals surface area contributed by atoms with Crippen molar-refractivity contribution < 1.29 is 9.53 Å². The lowest BCUT2D eigenvalue weighted by Gasteiger charge is -2.24. The number of hydrogen-bond acceptors (Lipinski definition) is 2. The van der Waals surface area contributed by atoms with Crippen molar-refractivity contribution in [2.75, 3.05) is 0 Å². The van der Waals surface area contributed by atoms with Crippen LogP contribution in [0.2, 0.25) is 0 Å². The van der Waals surface area contributed by atoms with Gasteiger partial charge in [-0.25, -0.2) is 0 Å². The van der Waals surface area contributed by atoms with Crippen molar-refractivity contribution in [1.29, 1.82) is 0 Å². The summed E-state index contributed by atoms with van der Waals surface area (Å²) in [6.45, 7) is 4.53. The van der Waals surface area contributed by atoms with E-state index in [1.165, 1.54) is 19.3 Å². The van der Waals surface area contributed by atoms with E-state index in [4.69, 9.17) is 4.74 Å². The molecule has 0 heterocycles. The average molecular weight is 286 g/mol. The van der Waals surface area contributed by atoms with Crippen LogP contribution in [0.5, 0.6) is 5.75 Å². The zero-order valence-corrected chi connectivity index (χ0v) is 13.2. The molecule has 1 aliphatic rings. The molecule has 0 saturated heterocycles. The van der Waals surface area contributed by atoms with E-state index in [1.54, 1.807) is 5.57 Å². The van der Waals surface area contributed by atoms with Gasteiger partial charge in [-0.05, 0) is 56.1 Å². The molecule has 2 atom stereocenters. The molecule has 114 valence electrons. The Hall–Kier alpha value is -1.57. The lowest BCUT2D eigenvalue weighted by Crippen LogP contribution is -2.14. The van der Waals surface area contributed by atoms with Gasteiger partial charge in [-0.1, -0.05) is 43.7 Å². The summed E-state index contributed by atoms with van der Waals surface area (Å²) in [7, 11) is 0. The highest BCUT2D eigenvalue weighted by molar-refractivity contribution is 5.72. The fourth-order valence-corrected chi connectivity index (χ4v) is 2.97. The Bertz CT molecular complexity index is 476. The molecule has 1 aliphatic carbocycles. The first-order valence-electron chi connectivity index (χ1n) is 8.13. The van der Waals surface area contributed by atoms with Crippen LogP contribution in [0.4, 0.5) is 0 Å². The summed E-state index contributed by atoms with van der Waals surface area (Å²) in [5.41, 5.74) is 1.56. The van der Waals surface area contributed by atoms with Crippen molar-refractivity contribution in [2.45, 2.75) is 52.4 Å². The van der Waals surface area contributed by atoms with Gasteiger partial charge in [-0.15, -0.1) is 0 Å². The standard InChI is InChI=1S/C19H26O2/c1-3-16(17-11-9-15(2)10-12-17)13-14-19(20)21-18-7-5-4-6-8-18/h4-8,11,15-16H,3,9-10,12-14H2,1-2H3. The van der Waals surface area contributed by atoms with Crippen LogP contribution in [-0.4, -0.2) is 5.97 Å². The molecule has 1 aromatic carbocycles. The van der Waals surface area contributed by atoms with E-state index in [0.29, 0.717) is 18.1 Å². The molecule has 0 bridgehead atoms. The van der Waals surface area contributed by atoms with Gasteiger partial charge < -0.3 is 4.74 Å². The summed E-state index contributed by atoms with van der Waals surface area (Å²) in [6.07, 6.45) is 8.61. The predicted molar refractivity (Wildman–Crippen MR) is 86.2 cm³/mol. The zero-order valence-electron chi connectivity index (χ0n) is 13.2. The van der Waals surface area contributed by atoms with Gasteiger partial charge in [-0.2, -0.15) is 0 Å². The third-order valence-electron chi connectivity index (χ3n) is 4.40. The van der Waals surface area contributed by atoms with Crippen LogP contribution in [0.1, 0.15) is 52.4 Å². The highest BCUT2D eigenvalue weighted by atomic mass is 16.5. The SMILES string of the molecule is CCC(CCC(=O)Oc1ccccc1)C1=CCC(C)CC1. The van der Waals surface area contributed by atoms with E-state index in [0.717, 1.165) is 18.8 Å². The summed E-state index contributed by atoms with van der Waals surface area (Å²) in [4.78, 5) is 11.9. The Balaban J connectivity index is 1.81. The van der Waals surface area contributed by atoms with Gasteiger partial charge in [0.1, 0.15) is 5.75 Å². The summed E-state index contributed by atoms with van der Waals surface area (Å²) in [6, 6.07) is 9.32. The van der Waals surface area contributed by atoms with E-state index in [2.05, 4.69) is 19.9 Å². The van der Waals surface area contributed by atoms with E-state index in [1.807, 2.05) is 30.3 Å². The Morgan fingerprint density at radius 2 is 2.10 bits per heavy atom. The molecule has 2 rings (SSSR count). The van der Waals surface area contributed by atoms with E-state index in [9.17, 15) is 4.79 Å². The minimum Gasteiger partial charge on any atom is -0.427 e. The van der Waals surface area contributed by atoms with Crippen molar-refractivity contribution in [3.05, 3.63) is 42.0 Å². The minimum atomic E-state index is -0.121. The second-order valence-corrected chi connectivity index (χ2v) is 6.09. The predicted octanol–water partition coefficient (Wildman–Crippen LogP) is 5.14. The van der Waals surface area contributed by atoms with Crippen LogP contribution < -0.4 is 4.74 Å². The number of allylic oxidation sites excluding steroid dienone is 2. The topological polar surface area (TPSA) is 26.3 Å². The fourth-order valence-electron chi connectivity index (χ4n) is 2.97. The maximum Gasteiger partial charge on any atom is 0.311 e. The minimum absolute atomic E-state index is 0.121. The van der Waals surface area contributed by atoms with Crippen LogP contribution in [0.15, 0.2) is 42.0 Å². The first-order valence-corrected chi connectivity index (χ1v) is 8.13. The van der Waals surface area contributed by atoms with Crippen molar-refractivity contribution in [3.63, 3.8) is 0 Å². The fraction of sp³-hybridized carbons (Fsp3) is 0.526. The highest BCUT2D eigenvalue weighted by Crippen LogP contribution is 2.32. The number of carbonyl (C=O) groups excluding carboxylic acids is 1. The molecule has 0 aromatic heterocycles. The Kier molecular flexibility index (Phi) is 6.04. The maximum atomic E-state index is 11.9. The molecule has 0 amide bonds. The van der Waals surface area contributed by atoms with Gasteiger partial charge in [0.2, 0.25) is 0 Å². The van der Waals surface area contributed by atoms with Crippen molar-refractivity contribution in [1.82, 2.24) is 0 Å². The van der Waals surface area contributed by atoms with E-state index < -0.39 is 0 Å². The summed E-state index contributed by atoms with van der Waals surface area (Å²) < 4.78 is 5.36. The molecule has 0 radical (unpaired) electrons. The lowest BCUT2D eigenvalue weighted by atomic mass is 9.82. The Morgan fingerprint density at radius 3 is 2.71 bits per heavy atom. The van der Waals surface area contributed by atoms with Gasteiger partial charge in [-0.3, -0.25) is 4.79 Å². The summed E-state index contributed by atoms with van der Waals surface area (Å²) in [5.74, 6) is 1.88. The molecule has 1 aromatic rings. The number of hydrogen-bond donors (Lipinski definition) is 0. The molecule has 2 heteroatoms. The molecular weight excluding hydrogens is 260 g/mol. The smallest absolute Gasteiger partial charge is 0.311 e. The third-order valence-corrected chi connectivity index (χ3v) is 4.40. The first kappa shape index (κ1) is 15.8. The molecule has 0 spiro atoms. The molecule has 0 N–H and O–H groups in total. The highest BCUT2D eigenvalue weighted by Gasteiger charge is 2.18. The van der Waals surface area contributed by atoms with Crippen molar-refractivity contribution in [2.24, 2.45) is 11.8 Å². The quantitative estimate of drug-likeness (QED) is 0.411. The molecular formula is C19H26O2. The van der Waals surface area contributed by atoms with Gasteiger partial charge in [0.25, 0.3) is 0 Å². The van der Waals surface area contributed by atoms with Crippen LogP contribution in [-0.2, 0) is 4.79 Å². The molecule has 2 unspecified atom stereocenters. The molecule has 2 nitrogen and oxygen atoms in total. The normalized spacial score (nSPS) is 19.7. The number of esters is 1. The van der Waals surface area contributed by atoms with E-state index in [-0.39, 0.29) is 5.97 Å². The molecule has 0 aliphatic heterocycles. The zero-order chi connectivity index (χ0) is 15.1. The van der Waals surface area contributed by atoms with Gasteiger partial charge in [0.05, 0.1) is 0 Å². The van der Waals surface area contributed by atoms with Gasteiger partial charge in [0.15, 0.2) is 0 Å². The lowest BCUT2D eigenvalue weighted by molar-refractivity contribution is -0.134. The average Bonchev–Trinajstić information content (AvgIpc) is 2.50. The second-order valence-electron chi connectivity index (χ2n) is 6.09. The van der Waals surface area contributed by atoms with Crippen LogP contribution in [0, 0.1) is 11.8 Å². The van der Waals surface area contributed by atoms with Crippen LogP contribution in [0.25, 0.3) is 0 Å². The summed E-state index contributed by atoms with van der Waals surface area (Å²) in [5, 5.41) is 0. The molecule has 0 fully saturated rings. The van der Waals surface area contributed by atoms with Gasteiger partial charge >= 0.3 is 5.97 Å². The number of para-hydroxylation sites is 1. The number of ether oxygens (including phenoxy) is 1. The van der Waals surface area contributed by atoms with Gasteiger partial charge in [0, 0.05) is 6.42 Å². The van der Waals surface area contributed by atoms with Crippen LogP contribution >= 0.6 is 0 Å². The van der Waals surface area contributed by atoms with Crippen molar-refractivity contribution >= 4 is 5.97 Å². The summed E-state index contributed by atoms with van der Waals surface area (Å²) >= 11 is 0. The third kappa shape index (κ3) is 5.04. The largest absolute Gasteiger partial charge is 0.427 e. The van der Waals surface area contributed by atoms with Crippen LogP contribution in [0.3, 0.4) is 0 Å². The number of rotatable bonds is 6. The number of carbonyl (C=O) groups is 1. The first-order chi connectivity index (χ1) is 10.2. The Morgan fingerprint density at radius 1 is 1.33 bits per heavy atom. The Labute approximate surface area is 128 Å². The molecule has 21 heavy (non-hydrogen) atoms. The second kappa shape index (κ2) is 8.02. The number of benzene rings is 1. The van der Waals surface area contributed by atoms with E-state index >= 15 is 0 Å². The van der Waals surface area contributed by atoms with Crippen molar-refractivity contribution in [3.8, 4) is 5.75 Å². The monoisotopic (exact) mass is 286 g/mol. The molecule has 0 saturated carbocycles. The maximum absolute atomic E-state index is 11.9.